The molecular formula is C69H47N. The molecule has 0 N–H and O–H groups in total. The lowest BCUT2D eigenvalue weighted by molar-refractivity contribution is 0.768. The summed E-state index contributed by atoms with van der Waals surface area (Å²) in [6, 6.07) is 105. The van der Waals surface area contributed by atoms with Crippen molar-refractivity contribution in [3.63, 3.8) is 0 Å². The topological polar surface area (TPSA) is 3.24 Å². The number of fused-ring (bicyclic) bond motifs is 6. The first kappa shape index (κ1) is 41.2. The number of benzene rings is 12. The fourth-order valence-corrected chi connectivity index (χ4v) is 11.4. The van der Waals surface area contributed by atoms with Crippen LogP contribution in [0.15, 0.2) is 285 Å². The van der Waals surface area contributed by atoms with Crippen molar-refractivity contribution in [2.45, 2.75) is 5.41 Å². The molecular weight excluding hydrogens is 843 g/mol. The van der Waals surface area contributed by atoms with Crippen LogP contribution in [0.1, 0.15) is 22.3 Å². The van der Waals surface area contributed by atoms with Crippen LogP contribution in [0.25, 0.3) is 77.2 Å². The van der Waals surface area contributed by atoms with Gasteiger partial charge in [-0.3, -0.25) is 0 Å². The molecule has 70 heavy (non-hydrogen) atoms. The van der Waals surface area contributed by atoms with Crippen molar-refractivity contribution in [1.82, 2.24) is 0 Å². The standard InChI is InChI=1S/C69H47N/c1-6-22-48(23-7-1)51-28-20-30-54(44-51)67-63-38-18-16-36-59(63)60-37-17-19-39-64(60)68(67)70(57-35-21-29-52(45-57)49-24-8-2-9-25-49)58-41-43-62-61-42-40-53(50-26-10-3-11-27-50)46-65(61)69(66(62)47-58,55-31-12-4-13-32-55)56-33-14-5-15-34-56/h1-47H. The average molecular weight is 890 g/mol. The Hall–Kier alpha value is -9.04. The predicted octanol–water partition coefficient (Wildman–Crippen LogP) is 18.5. The van der Waals surface area contributed by atoms with Gasteiger partial charge in [-0.25, -0.2) is 0 Å². The molecule has 1 nitrogen and oxygen atoms in total. The maximum absolute atomic E-state index is 2.56. The molecule has 0 aliphatic heterocycles. The number of anilines is 3. The van der Waals surface area contributed by atoms with E-state index in [9.17, 15) is 0 Å². The molecule has 12 aromatic rings. The zero-order valence-electron chi connectivity index (χ0n) is 38.6. The first-order valence-corrected chi connectivity index (χ1v) is 24.2. The molecule has 1 aliphatic carbocycles. The summed E-state index contributed by atoms with van der Waals surface area (Å²) in [7, 11) is 0. The summed E-state index contributed by atoms with van der Waals surface area (Å²) >= 11 is 0. The van der Waals surface area contributed by atoms with Gasteiger partial charge in [-0.05, 0) is 125 Å². The Morgan fingerprint density at radius 3 is 1.23 bits per heavy atom. The second-order valence-electron chi connectivity index (χ2n) is 18.4. The van der Waals surface area contributed by atoms with Gasteiger partial charge in [-0.15, -0.1) is 0 Å². The highest BCUT2D eigenvalue weighted by Crippen LogP contribution is 2.59. The van der Waals surface area contributed by atoms with Gasteiger partial charge in [0, 0.05) is 22.3 Å². The molecule has 0 saturated heterocycles. The maximum Gasteiger partial charge on any atom is 0.0714 e. The smallest absolute Gasteiger partial charge is 0.0714 e. The average Bonchev–Trinajstić information content (AvgIpc) is 3.74. The molecule has 0 aromatic heterocycles. The monoisotopic (exact) mass is 889 g/mol. The SMILES string of the molecule is c1ccc(-c2cccc(-c3c(N(c4cccc(-c5ccccc5)c4)c4ccc5c(c4)C(c4ccccc4)(c4ccccc4)c4cc(-c6ccccc6)ccc4-5)c4ccccc4c4ccccc34)c2)cc1. The molecule has 1 aliphatic rings. The van der Waals surface area contributed by atoms with Gasteiger partial charge in [0.15, 0.2) is 0 Å². The Kier molecular flexibility index (Phi) is 10.1. The third kappa shape index (κ3) is 6.78. The predicted molar refractivity (Wildman–Crippen MR) is 295 cm³/mol. The number of nitrogens with zero attached hydrogens (tertiary/aromatic N) is 1. The van der Waals surface area contributed by atoms with E-state index in [1.165, 1.54) is 88.3 Å². The van der Waals surface area contributed by atoms with Gasteiger partial charge in [0.25, 0.3) is 0 Å². The van der Waals surface area contributed by atoms with E-state index in [0.717, 1.165) is 28.2 Å². The third-order valence-corrected chi connectivity index (χ3v) is 14.5. The van der Waals surface area contributed by atoms with E-state index in [1.807, 2.05) is 0 Å². The molecule has 0 radical (unpaired) electrons. The summed E-state index contributed by atoms with van der Waals surface area (Å²) in [6.45, 7) is 0. The van der Waals surface area contributed by atoms with Crippen molar-refractivity contribution in [1.29, 1.82) is 0 Å². The highest BCUT2D eigenvalue weighted by Gasteiger charge is 2.46. The molecule has 328 valence electrons. The zero-order valence-corrected chi connectivity index (χ0v) is 38.6. The van der Waals surface area contributed by atoms with Gasteiger partial charge in [0.2, 0.25) is 0 Å². The highest BCUT2D eigenvalue weighted by molar-refractivity contribution is 6.22. The third-order valence-electron chi connectivity index (χ3n) is 14.5. The molecule has 0 unspecified atom stereocenters. The molecule has 0 spiro atoms. The Bertz CT molecular complexity index is 3820. The second-order valence-corrected chi connectivity index (χ2v) is 18.4. The minimum absolute atomic E-state index is 0.635. The van der Waals surface area contributed by atoms with Gasteiger partial charge < -0.3 is 4.90 Å². The Morgan fingerprint density at radius 1 is 0.243 bits per heavy atom. The summed E-state index contributed by atoms with van der Waals surface area (Å²) in [4.78, 5) is 2.56. The Morgan fingerprint density at radius 2 is 0.643 bits per heavy atom. The Labute approximate surface area is 409 Å². The number of hydrogen-bond acceptors (Lipinski definition) is 1. The summed E-state index contributed by atoms with van der Waals surface area (Å²) in [5, 5.41) is 4.83. The van der Waals surface area contributed by atoms with Gasteiger partial charge in [-0.2, -0.15) is 0 Å². The normalized spacial score (nSPS) is 12.4. The van der Waals surface area contributed by atoms with E-state index in [4.69, 9.17) is 0 Å². The molecule has 0 fully saturated rings. The van der Waals surface area contributed by atoms with E-state index >= 15 is 0 Å². The van der Waals surface area contributed by atoms with Crippen LogP contribution < -0.4 is 4.90 Å². The van der Waals surface area contributed by atoms with Crippen LogP contribution in [0.4, 0.5) is 17.1 Å². The van der Waals surface area contributed by atoms with E-state index in [-0.39, 0.29) is 0 Å². The van der Waals surface area contributed by atoms with E-state index in [2.05, 4.69) is 290 Å². The first-order valence-electron chi connectivity index (χ1n) is 24.2. The molecule has 0 bridgehead atoms. The van der Waals surface area contributed by atoms with Crippen molar-refractivity contribution >= 4 is 38.6 Å². The summed E-state index contributed by atoms with van der Waals surface area (Å²) in [5.41, 5.74) is 19.6. The molecule has 0 heterocycles. The lowest BCUT2D eigenvalue weighted by Gasteiger charge is -2.35. The lowest BCUT2D eigenvalue weighted by Crippen LogP contribution is -2.29. The summed E-state index contributed by atoms with van der Waals surface area (Å²) in [5.74, 6) is 0. The van der Waals surface area contributed by atoms with Crippen LogP contribution in [0, 0.1) is 0 Å². The largest absolute Gasteiger partial charge is 0.309 e. The fourth-order valence-electron chi connectivity index (χ4n) is 11.4. The molecule has 1 heteroatoms. The van der Waals surface area contributed by atoms with E-state index in [0.29, 0.717) is 0 Å². The van der Waals surface area contributed by atoms with Crippen LogP contribution in [-0.2, 0) is 5.41 Å². The molecule has 13 rings (SSSR count). The molecule has 0 amide bonds. The van der Waals surface area contributed by atoms with Crippen LogP contribution in [0.3, 0.4) is 0 Å². The zero-order chi connectivity index (χ0) is 46.4. The molecule has 0 saturated carbocycles. The van der Waals surface area contributed by atoms with Crippen LogP contribution in [0.5, 0.6) is 0 Å². The van der Waals surface area contributed by atoms with Crippen molar-refractivity contribution in [2.24, 2.45) is 0 Å². The van der Waals surface area contributed by atoms with Crippen molar-refractivity contribution in [2.75, 3.05) is 4.90 Å². The van der Waals surface area contributed by atoms with Crippen LogP contribution in [-0.4, -0.2) is 0 Å². The van der Waals surface area contributed by atoms with E-state index in [1.54, 1.807) is 0 Å². The number of hydrogen-bond donors (Lipinski definition) is 0. The molecule has 12 aromatic carbocycles. The summed E-state index contributed by atoms with van der Waals surface area (Å²) in [6.07, 6.45) is 0. The number of rotatable bonds is 9. The minimum Gasteiger partial charge on any atom is -0.309 e. The van der Waals surface area contributed by atoms with Crippen molar-refractivity contribution in [3.05, 3.63) is 307 Å². The van der Waals surface area contributed by atoms with Gasteiger partial charge in [0.05, 0.1) is 11.1 Å². The maximum atomic E-state index is 2.56. The quantitative estimate of drug-likeness (QED) is 0.131. The fraction of sp³-hybridized carbons (Fsp3) is 0.0145. The highest BCUT2D eigenvalue weighted by atomic mass is 15.1. The molecule has 0 atom stereocenters. The van der Waals surface area contributed by atoms with E-state index < -0.39 is 5.41 Å². The van der Waals surface area contributed by atoms with Crippen molar-refractivity contribution in [3.8, 4) is 55.6 Å². The summed E-state index contributed by atoms with van der Waals surface area (Å²) < 4.78 is 0. The first-order chi connectivity index (χ1) is 34.7. The van der Waals surface area contributed by atoms with Crippen LogP contribution >= 0.6 is 0 Å². The minimum atomic E-state index is -0.635. The van der Waals surface area contributed by atoms with Crippen molar-refractivity contribution < 1.29 is 0 Å². The van der Waals surface area contributed by atoms with Gasteiger partial charge >= 0.3 is 0 Å². The Balaban J connectivity index is 1.15. The van der Waals surface area contributed by atoms with Gasteiger partial charge in [0.1, 0.15) is 0 Å². The van der Waals surface area contributed by atoms with Gasteiger partial charge in [-0.1, -0.05) is 249 Å². The lowest BCUT2D eigenvalue weighted by atomic mass is 9.67. The second kappa shape index (κ2) is 17.2. The van der Waals surface area contributed by atoms with Crippen LogP contribution in [0.2, 0.25) is 0 Å².